The van der Waals surface area contributed by atoms with E-state index >= 15 is 0 Å². The third-order valence-corrected chi connectivity index (χ3v) is 3.73. The van der Waals surface area contributed by atoms with Crippen LogP contribution in [0.2, 0.25) is 0 Å². The molecule has 0 aromatic heterocycles. The molecule has 3 rings (SSSR count). The summed E-state index contributed by atoms with van der Waals surface area (Å²) >= 11 is 0. The van der Waals surface area contributed by atoms with Crippen LogP contribution in [0.1, 0.15) is 29.9 Å². The predicted molar refractivity (Wildman–Crippen MR) is 78.0 cm³/mol. The average Bonchev–Trinajstić information content (AvgIpc) is 3.30. The van der Waals surface area contributed by atoms with Gasteiger partial charge < -0.3 is 4.74 Å². The molecule has 97 valence electrons. The topological polar surface area (TPSA) is 9.23 Å². The van der Waals surface area contributed by atoms with Gasteiger partial charge in [-0.05, 0) is 54.9 Å². The fraction of sp³-hybridized carbons (Fsp3) is 0.278. The molecule has 19 heavy (non-hydrogen) atoms. The van der Waals surface area contributed by atoms with E-state index in [-0.39, 0.29) is 0 Å². The highest BCUT2D eigenvalue weighted by atomic mass is 16.5. The van der Waals surface area contributed by atoms with Gasteiger partial charge in [-0.25, -0.2) is 0 Å². The molecule has 1 fully saturated rings. The largest absolute Gasteiger partial charge is 0.489 e. The molecular formula is C18H19O. The maximum Gasteiger partial charge on any atom is 0.120 e. The van der Waals surface area contributed by atoms with Crippen LogP contribution in [0.3, 0.4) is 0 Å². The highest BCUT2D eigenvalue weighted by Gasteiger charge is 2.28. The molecule has 0 aliphatic heterocycles. The van der Waals surface area contributed by atoms with Crippen molar-refractivity contribution >= 4 is 0 Å². The smallest absolute Gasteiger partial charge is 0.120 e. The molecule has 0 spiro atoms. The number of rotatable bonds is 5. The van der Waals surface area contributed by atoms with Gasteiger partial charge in [0, 0.05) is 0 Å². The van der Waals surface area contributed by atoms with Crippen LogP contribution in [0.4, 0.5) is 0 Å². The zero-order chi connectivity index (χ0) is 13.1. The normalized spacial score (nSPS) is 16.1. The average molecular weight is 251 g/mol. The van der Waals surface area contributed by atoms with Crippen LogP contribution in [0, 0.1) is 12.8 Å². The molecule has 1 heteroatoms. The first-order chi connectivity index (χ1) is 9.33. The van der Waals surface area contributed by atoms with E-state index in [0.717, 1.165) is 11.7 Å². The summed E-state index contributed by atoms with van der Waals surface area (Å²) in [6, 6.07) is 18.6. The van der Waals surface area contributed by atoms with E-state index in [1.54, 1.807) is 0 Å². The Kier molecular flexibility index (Phi) is 3.54. The van der Waals surface area contributed by atoms with Gasteiger partial charge in [0.2, 0.25) is 0 Å². The molecule has 0 heterocycles. The zero-order valence-corrected chi connectivity index (χ0v) is 11.1. The second-order valence-electron chi connectivity index (χ2n) is 5.29. The van der Waals surface area contributed by atoms with Crippen molar-refractivity contribution in [3.05, 3.63) is 72.6 Å². The monoisotopic (exact) mass is 251 g/mol. The van der Waals surface area contributed by atoms with E-state index in [9.17, 15) is 0 Å². The molecule has 0 unspecified atom stereocenters. The molecular weight excluding hydrogens is 232 g/mol. The molecule has 2 aromatic rings. The van der Waals surface area contributed by atoms with Gasteiger partial charge in [-0.1, -0.05) is 42.5 Å². The Morgan fingerprint density at radius 2 is 1.84 bits per heavy atom. The minimum absolute atomic E-state index is 0.417. The summed E-state index contributed by atoms with van der Waals surface area (Å²) in [7, 11) is 0. The van der Waals surface area contributed by atoms with Crippen LogP contribution in [0.25, 0.3) is 0 Å². The lowest BCUT2D eigenvalue weighted by Gasteiger charge is -2.12. The molecule has 1 nitrogen and oxygen atoms in total. The van der Waals surface area contributed by atoms with Crippen molar-refractivity contribution in [3.8, 4) is 5.75 Å². The SMILES string of the molecule is [CH2][C@H](c1cccc(OCc2ccccc2)c1)C1CC1. The lowest BCUT2D eigenvalue weighted by atomic mass is 9.96. The molecule has 2 aromatic carbocycles. The van der Waals surface area contributed by atoms with E-state index in [4.69, 9.17) is 4.74 Å². The second-order valence-corrected chi connectivity index (χ2v) is 5.29. The van der Waals surface area contributed by atoms with Crippen molar-refractivity contribution in [2.75, 3.05) is 0 Å². The molecule has 0 N–H and O–H groups in total. The summed E-state index contributed by atoms with van der Waals surface area (Å²) in [6.45, 7) is 4.89. The molecule has 1 aliphatic rings. The summed E-state index contributed by atoms with van der Waals surface area (Å²) in [6.07, 6.45) is 2.65. The van der Waals surface area contributed by atoms with Gasteiger partial charge in [-0.15, -0.1) is 0 Å². The van der Waals surface area contributed by atoms with Crippen LogP contribution < -0.4 is 4.74 Å². The standard InChI is InChI=1S/C18H19O/c1-14(16-10-11-16)17-8-5-9-18(12-17)19-13-15-6-3-2-4-7-15/h2-9,12,14,16H,1,10-11,13H2/t14-/m0/s1. The van der Waals surface area contributed by atoms with Crippen molar-refractivity contribution < 1.29 is 4.74 Å². The minimum Gasteiger partial charge on any atom is -0.489 e. The fourth-order valence-corrected chi connectivity index (χ4v) is 2.35. The number of benzene rings is 2. The van der Waals surface area contributed by atoms with Crippen LogP contribution in [0.15, 0.2) is 54.6 Å². The molecule has 0 saturated heterocycles. The molecule has 1 saturated carbocycles. The summed E-state index contributed by atoms with van der Waals surface area (Å²) < 4.78 is 5.86. The summed E-state index contributed by atoms with van der Waals surface area (Å²) in [5.74, 6) is 2.14. The maximum absolute atomic E-state index is 5.86. The van der Waals surface area contributed by atoms with Gasteiger partial charge in [0.1, 0.15) is 12.4 Å². The second kappa shape index (κ2) is 5.48. The fourth-order valence-electron chi connectivity index (χ4n) is 2.35. The Morgan fingerprint density at radius 1 is 1.05 bits per heavy atom. The number of ether oxygens (including phenoxy) is 1. The van der Waals surface area contributed by atoms with Crippen LogP contribution in [-0.2, 0) is 6.61 Å². The number of hydrogen-bond donors (Lipinski definition) is 0. The zero-order valence-electron chi connectivity index (χ0n) is 11.1. The van der Waals surface area contributed by atoms with Gasteiger partial charge >= 0.3 is 0 Å². The molecule has 0 amide bonds. The van der Waals surface area contributed by atoms with Crippen LogP contribution >= 0.6 is 0 Å². The van der Waals surface area contributed by atoms with Crippen molar-refractivity contribution in [2.24, 2.45) is 5.92 Å². The van der Waals surface area contributed by atoms with E-state index in [1.807, 2.05) is 24.3 Å². The van der Waals surface area contributed by atoms with Gasteiger partial charge in [-0.2, -0.15) is 0 Å². The van der Waals surface area contributed by atoms with Gasteiger partial charge in [0.15, 0.2) is 0 Å². The molecule has 1 radical (unpaired) electrons. The highest BCUT2D eigenvalue weighted by molar-refractivity contribution is 5.32. The van der Waals surface area contributed by atoms with Crippen molar-refractivity contribution in [2.45, 2.75) is 25.4 Å². The van der Waals surface area contributed by atoms with E-state index in [2.05, 4.69) is 37.3 Å². The Balaban J connectivity index is 1.66. The summed E-state index contributed by atoms with van der Waals surface area (Å²) in [5, 5.41) is 0. The lowest BCUT2D eigenvalue weighted by molar-refractivity contribution is 0.306. The lowest BCUT2D eigenvalue weighted by Crippen LogP contribution is -1.99. The van der Waals surface area contributed by atoms with Gasteiger partial charge in [-0.3, -0.25) is 0 Å². The first-order valence-corrected chi connectivity index (χ1v) is 6.93. The molecule has 1 aliphatic carbocycles. The molecule has 0 bridgehead atoms. The Hall–Kier alpha value is -1.76. The third-order valence-electron chi connectivity index (χ3n) is 3.73. The first kappa shape index (κ1) is 12.3. The minimum atomic E-state index is 0.417. The maximum atomic E-state index is 5.86. The molecule has 1 atom stereocenters. The van der Waals surface area contributed by atoms with Crippen molar-refractivity contribution in [1.82, 2.24) is 0 Å². The van der Waals surface area contributed by atoms with Gasteiger partial charge in [0.25, 0.3) is 0 Å². The Bertz CT molecular complexity index is 528. The Morgan fingerprint density at radius 3 is 2.58 bits per heavy atom. The summed E-state index contributed by atoms with van der Waals surface area (Å²) in [4.78, 5) is 0. The van der Waals surface area contributed by atoms with Crippen LogP contribution in [0.5, 0.6) is 5.75 Å². The third kappa shape index (κ3) is 3.17. The summed E-state index contributed by atoms with van der Waals surface area (Å²) in [5.41, 5.74) is 2.49. The predicted octanol–water partition coefficient (Wildman–Crippen LogP) is 4.59. The van der Waals surface area contributed by atoms with Crippen LogP contribution in [-0.4, -0.2) is 0 Å². The quantitative estimate of drug-likeness (QED) is 0.755. The van der Waals surface area contributed by atoms with E-state index in [1.165, 1.54) is 24.0 Å². The van der Waals surface area contributed by atoms with E-state index in [0.29, 0.717) is 12.5 Å². The van der Waals surface area contributed by atoms with Crippen molar-refractivity contribution in [3.63, 3.8) is 0 Å². The number of hydrogen-bond acceptors (Lipinski definition) is 1. The van der Waals surface area contributed by atoms with Crippen molar-refractivity contribution in [1.29, 1.82) is 0 Å². The van der Waals surface area contributed by atoms with Gasteiger partial charge in [0.05, 0.1) is 0 Å². The Labute approximate surface area is 115 Å². The van der Waals surface area contributed by atoms with E-state index < -0.39 is 0 Å². The highest BCUT2D eigenvalue weighted by Crippen LogP contribution is 2.42. The first-order valence-electron chi connectivity index (χ1n) is 6.93.